The molecular weight excluding hydrogens is 214 g/mol. The first-order valence-corrected chi connectivity index (χ1v) is 6.02. The number of aromatic nitrogens is 2. The highest BCUT2D eigenvalue weighted by atomic mass is 16.1. The van der Waals surface area contributed by atoms with Gasteiger partial charge in [0.25, 0.3) is 5.91 Å². The van der Waals surface area contributed by atoms with Crippen molar-refractivity contribution in [2.75, 3.05) is 6.54 Å². The van der Waals surface area contributed by atoms with Crippen LogP contribution >= 0.6 is 0 Å². The van der Waals surface area contributed by atoms with Crippen molar-refractivity contribution < 1.29 is 4.79 Å². The van der Waals surface area contributed by atoms with Gasteiger partial charge in [-0.2, -0.15) is 5.10 Å². The normalized spacial score (nSPS) is 10.6. The van der Waals surface area contributed by atoms with Crippen LogP contribution in [0.25, 0.3) is 10.9 Å². The number of rotatable bonds is 5. The van der Waals surface area contributed by atoms with Crippen LogP contribution in [-0.2, 0) is 0 Å². The molecule has 0 radical (unpaired) electrons. The number of unbranched alkanes of at least 4 members (excludes halogenated alkanes) is 2. The van der Waals surface area contributed by atoms with Crippen molar-refractivity contribution in [1.82, 2.24) is 15.5 Å². The molecule has 4 nitrogen and oxygen atoms in total. The van der Waals surface area contributed by atoms with Crippen LogP contribution in [0.15, 0.2) is 24.4 Å². The number of H-pyrrole nitrogens is 1. The summed E-state index contributed by atoms with van der Waals surface area (Å²) in [4.78, 5) is 11.8. The fourth-order valence-corrected chi connectivity index (χ4v) is 1.76. The molecule has 0 bridgehead atoms. The highest BCUT2D eigenvalue weighted by Gasteiger charge is 2.05. The number of benzene rings is 1. The van der Waals surface area contributed by atoms with Crippen molar-refractivity contribution >= 4 is 16.8 Å². The monoisotopic (exact) mass is 231 g/mol. The van der Waals surface area contributed by atoms with E-state index in [2.05, 4.69) is 22.4 Å². The summed E-state index contributed by atoms with van der Waals surface area (Å²) in [6.07, 6.45) is 5.08. The second-order valence-electron chi connectivity index (χ2n) is 4.14. The van der Waals surface area contributed by atoms with Gasteiger partial charge in [0, 0.05) is 17.5 Å². The van der Waals surface area contributed by atoms with Gasteiger partial charge in [0.2, 0.25) is 0 Å². The standard InChI is InChI=1S/C13H17N3O/c1-2-3-4-7-14-13(17)10-5-6-12-11(8-10)9-15-16-12/h5-6,8-9H,2-4,7H2,1H3,(H,14,17)(H,15,16). The van der Waals surface area contributed by atoms with E-state index >= 15 is 0 Å². The van der Waals surface area contributed by atoms with Gasteiger partial charge in [-0.05, 0) is 24.6 Å². The third-order valence-electron chi connectivity index (χ3n) is 2.77. The van der Waals surface area contributed by atoms with E-state index in [0.717, 1.165) is 36.7 Å². The topological polar surface area (TPSA) is 57.8 Å². The molecule has 2 rings (SSSR count). The first-order valence-electron chi connectivity index (χ1n) is 6.02. The molecule has 0 saturated carbocycles. The smallest absolute Gasteiger partial charge is 0.251 e. The number of nitrogens with zero attached hydrogens (tertiary/aromatic N) is 1. The predicted molar refractivity (Wildman–Crippen MR) is 68.0 cm³/mol. The summed E-state index contributed by atoms with van der Waals surface area (Å²) < 4.78 is 0. The van der Waals surface area contributed by atoms with Gasteiger partial charge < -0.3 is 5.32 Å². The van der Waals surface area contributed by atoms with Gasteiger partial charge in [-0.3, -0.25) is 9.89 Å². The van der Waals surface area contributed by atoms with Crippen molar-refractivity contribution in [2.24, 2.45) is 0 Å². The van der Waals surface area contributed by atoms with Gasteiger partial charge in [0.1, 0.15) is 0 Å². The highest BCUT2D eigenvalue weighted by Crippen LogP contribution is 2.12. The molecule has 0 aliphatic heterocycles. The molecule has 0 spiro atoms. The zero-order valence-corrected chi connectivity index (χ0v) is 9.99. The number of amides is 1. The third-order valence-corrected chi connectivity index (χ3v) is 2.77. The van der Waals surface area contributed by atoms with E-state index in [1.807, 2.05) is 18.2 Å². The van der Waals surface area contributed by atoms with E-state index in [9.17, 15) is 4.79 Å². The summed E-state index contributed by atoms with van der Waals surface area (Å²) in [7, 11) is 0. The van der Waals surface area contributed by atoms with Crippen molar-refractivity contribution in [3.63, 3.8) is 0 Å². The lowest BCUT2D eigenvalue weighted by Crippen LogP contribution is -2.24. The summed E-state index contributed by atoms with van der Waals surface area (Å²) >= 11 is 0. The Kier molecular flexibility index (Phi) is 3.75. The highest BCUT2D eigenvalue weighted by molar-refractivity contribution is 5.97. The molecule has 1 heterocycles. The minimum atomic E-state index is -0.01000. The minimum Gasteiger partial charge on any atom is -0.352 e. The zero-order valence-electron chi connectivity index (χ0n) is 9.99. The molecule has 1 amide bonds. The second-order valence-corrected chi connectivity index (χ2v) is 4.14. The Hall–Kier alpha value is -1.84. The molecule has 4 heteroatoms. The average Bonchev–Trinajstić information content (AvgIpc) is 2.81. The molecule has 0 aliphatic rings. The number of hydrogen-bond acceptors (Lipinski definition) is 2. The Labute approximate surface area is 100 Å². The molecule has 90 valence electrons. The number of nitrogens with one attached hydrogen (secondary N) is 2. The molecule has 17 heavy (non-hydrogen) atoms. The lowest BCUT2D eigenvalue weighted by atomic mass is 10.1. The molecule has 1 aromatic heterocycles. The summed E-state index contributed by atoms with van der Waals surface area (Å²) in [5.41, 5.74) is 1.64. The Bertz CT molecular complexity index is 504. The second kappa shape index (κ2) is 5.48. The summed E-state index contributed by atoms with van der Waals surface area (Å²) in [5, 5.41) is 10.7. The molecule has 0 fully saturated rings. The summed E-state index contributed by atoms with van der Waals surface area (Å²) in [6, 6.07) is 5.55. The Morgan fingerprint density at radius 3 is 3.12 bits per heavy atom. The molecule has 0 saturated heterocycles. The molecule has 2 aromatic rings. The minimum absolute atomic E-state index is 0.01000. The molecular formula is C13H17N3O. The zero-order chi connectivity index (χ0) is 12.1. The number of aromatic amines is 1. The van der Waals surface area contributed by atoms with Crippen LogP contribution in [-0.4, -0.2) is 22.6 Å². The van der Waals surface area contributed by atoms with Crippen LogP contribution in [0.5, 0.6) is 0 Å². The number of hydrogen-bond donors (Lipinski definition) is 2. The average molecular weight is 231 g/mol. The molecule has 0 aliphatic carbocycles. The molecule has 1 aromatic carbocycles. The Morgan fingerprint density at radius 1 is 1.41 bits per heavy atom. The van der Waals surface area contributed by atoms with Gasteiger partial charge >= 0.3 is 0 Å². The van der Waals surface area contributed by atoms with E-state index in [-0.39, 0.29) is 5.91 Å². The van der Waals surface area contributed by atoms with Crippen molar-refractivity contribution in [3.05, 3.63) is 30.0 Å². The largest absolute Gasteiger partial charge is 0.352 e. The maximum absolute atomic E-state index is 11.8. The third kappa shape index (κ3) is 2.84. The van der Waals surface area contributed by atoms with E-state index in [1.165, 1.54) is 0 Å². The van der Waals surface area contributed by atoms with Gasteiger partial charge in [-0.1, -0.05) is 19.8 Å². The van der Waals surface area contributed by atoms with Crippen LogP contribution in [0.2, 0.25) is 0 Å². The van der Waals surface area contributed by atoms with Gasteiger partial charge in [0.15, 0.2) is 0 Å². The maximum Gasteiger partial charge on any atom is 0.251 e. The SMILES string of the molecule is CCCCCNC(=O)c1ccc2[nH]ncc2c1. The van der Waals surface area contributed by atoms with Crippen LogP contribution < -0.4 is 5.32 Å². The van der Waals surface area contributed by atoms with Gasteiger partial charge in [0.05, 0.1) is 11.7 Å². The van der Waals surface area contributed by atoms with Crippen molar-refractivity contribution in [1.29, 1.82) is 0 Å². The number of fused-ring (bicyclic) bond motifs is 1. The first-order chi connectivity index (χ1) is 8.31. The lowest BCUT2D eigenvalue weighted by molar-refractivity contribution is 0.0953. The van der Waals surface area contributed by atoms with Crippen LogP contribution in [0.3, 0.4) is 0 Å². The fourth-order valence-electron chi connectivity index (χ4n) is 1.76. The lowest BCUT2D eigenvalue weighted by Gasteiger charge is -2.04. The summed E-state index contributed by atoms with van der Waals surface area (Å²) in [6.45, 7) is 2.89. The maximum atomic E-state index is 11.8. The quantitative estimate of drug-likeness (QED) is 0.777. The van der Waals surface area contributed by atoms with E-state index < -0.39 is 0 Å². The molecule has 2 N–H and O–H groups in total. The predicted octanol–water partition coefficient (Wildman–Crippen LogP) is 2.48. The fraction of sp³-hybridized carbons (Fsp3) is 0.385. The Morgan fingerprint density at radius 2 is 2.29 bits per heavy atom. The van der Waals surface area contributed by atoms with Gasteiger partial charge in [-0.25, -0.2) is 0 Å². The van der Waals surface area contributed by atoms with Crippen molar-refractivity contribution in [3.8, 4) is 0 Å². The first kappa shape index (κ1) is 11.6. The van der Waals surface area contributed by atoms with E-state index in [4.69, 9.17) is 0 Å². The molecule has 0 unspecified atom stereocenters. The van der Waals surface area contributed by atoms with Crippen LogP contribution in [0.1, 0.15) is 36.5 Å². The summed E-state index contributed by atoms with van der Waals surface area (Å²) in [5.74, 6) is -0.01000. The number of carbonyl (C=O) groups excluding carboxylic acids is 1. The molecule has 0 atom stereocenters. The number of carbonyl (C=O) groups is 1. The van der Waals surface area contributed by atoms with E-state index in [0.29, 0.717) is 5.56 Å². The van der Waals surface area contributed by atoms with Crippen LogP contribution in [0, 0.1) is 0 Å². The van der Waals surface area contributed by atoms with E-state index in [1.54, 1.807) is 6.20 Å². The van der Waals surface area contributed by atoms with Gasteiger partial charge in [-0.15, -0.1) is 0 Å². The Balaban J connectivity index is 1.98. The van der Waals surface area contributed by atoms with Crippen molar-refractivity contribution in [2.45, 2.75) is 26.2 Å². The van der Waals surface area contributed by atoms with Crippen LogP contribution in [0.4, 0.5) is 0 Å².